The van der Waals surface area contributed by atoms with Gasteiger partial charge in [-0.05, 0) is 6.42 Å². The lowest BCUT2D eigenvalue weighted by atomic mass is 10.4. The van der Waals surface area contributed by atoms with Gasteiger partial charge < -0.3 is 10.5 Å². The minimum Gasteiger partial charge on any atom is -0.447 e. The number of carbonyl (C=O) groups is 2. The summed E-state index contributed by atoms with van der Waals surface area (Å²) in [7, 11) is 0. The smallest absolute Gasteiger partial charge is 0.441 e. The van der Waals surface area contributed by atoms with Crippen molar-refractivity contribution in [1.29, 1.82) is 0 Å². The van der Waals surface area contributed by atoms with Crippen LogP contribution >= 0.6 is 22.6 Å². The van der Waals surface area contributed by atoms with Gasteiger partial charge in [-0.1, -0.05) is 41.9 Å². The Morgan fingerprint density at radius 2 is 2.25 bits per heavy atom. The zero-order valence-corrected chi connectivity index (χ0v) is 11.1. The van der Waals surface area contributed by atoms with Crippen molar-refractivity contribution in [2.75, 3.05) is 11.0 Å². The minimum atomic E-state index is -0.866. The molecule has 0 saturated carbocycles. The summed E-state index contributed by atoms with van der Waals surface area (Å²) in [6, 6.07) is 1.55. The Kier molecular flexibility index (Phi) is 8.42. The SMILES string of the molecule is CCCCOC(=O)N(C#CCI)NC(N)=O. The summed E-state index contributed by atoms with van der Waals surface area (Å²) in [4.78, 5) is 22.0. The monoisotopic (exact) mass is 339 g/mol. The van der Waals surface area contributed by atoms with E-state index in [1.165, 1.54) is 0 Å². The first-order valence-corrected chi connectivity index (χ1v) is 6.21. The fraction of sp³-hybridized carbons (Fsp3) is 0.556. The van der Waals surface area contributed by atoms with E-state index in [-0.39, 0.29) is 6.61 Å². The molecule has 3 amide bonds. The van der Waals surface area contributed by atoms with Gasteiger partial charge in [-0.2, -0.15) is 0 Å². The molecule has 0 rings (SSSR count). The quantitative estimate of drug-likeness (QED) is 0.202. The lowest BCUT2D eigenvalue weighted by Gasteiger charge is -2.14. The second-order valence-corrected chi connectivity index (χ2v) is 3.46. The van der Waals surface area contributed by atoms with Crippen molar-refractivity contribution in [1.82, 2.24) is 10.4 Å². The molecule has 0 heterocycles. The molecule has 90 valence electrons. The highest BCUT2D eigenvalue weighted by atomic mass is 127. The molecule has 0 atom stereocenters. The average molecular weight is 339 g/mol. The van der Waals surface area contributed by atoms with Crippen LogP contribution in [0.3, 0.4) is 0 Å². The summed E-state index contributed by atoms with van der Waals surface area (Å²) in [6.07, 6.45) is 0.941. The summed E-state index contributed by atoms with van der Waals surface area (Å²) < 4.78 is 5.38. The molecule has 7 heteroatoms. The van der Waals surface area contributed by atoms with Gasteiger partial charge in [0.2, 0.25) is 0 Å². The Morgan fingerprint density at radius 1 is 1.56 bits per heavy atom. The molecule has 0 unspecified atom stereocenters. The van der Waals surface area contributed by atoms with Crippen molar-refractivity contribution in [2.45, 2.75) is 19.8 Å². The summed E-state index contributed by atoms with van der Waals surface area (Å²) in [5.74, 6) is 2.62. The number of ether oxygens (including phenoxy) is 1. The molecule has 0 aliphatic heterocycles. The van der Waals surface area contributed by atoms with Crippen molar-refractivity contribution < 1.29 is 14.3 Å². The van der Waals surface area contributed by atoms with E-state index in [2.05, 4.69) is 17.4 Å². The minimum absolute atomic E-state index is 0.290. The summed E-state index contributed by atoms with van der Waals surface area (Å²) in [5.41, 5.74) is 6.95. The van der Waals surface area contributed by atoms with Gasteiger partial charge in [-0.25, -0.2) is 15.0 Å². The van der Waals surface area contributed by atoms with Gasteiger partial charge in [-0.3, -0.25) is 0 Å². The first-order valence-electron chi connectivity index (χ1n) is 4.69. The van der Waals surface area contributed by atoms with Crippen LogP contribution in [-0.2, 0) is 4.74 Å². The van der Waals surface area contributed by atoms with Crippen molar-refractivity contribution in [3.05, 3.63) is 0 Å². The first-order chi connectivity index (χ1) is 7.61. The van der Waals surface area contributed by atoms with E-state index in [4.69, 9.17) is 10.5 Å². The molecular formula is C9H14IN3O3. The van der Waals surface area contributed by atoms with Gasteiger partial charge in [0, 0.05) is 6.04 Å². The van der Waals surface area contributed by atoms with Crippen LogP contribution in [0.1, 0.15) is 19.8 Å². The molecule has 6 nitrogen and oxygen atoms in total. The predicted molar refractivity (Wildman–Crippen MR) is 67.5 cm³/mol. The van der Waals surface area contributed by atoms with Gasteiger partial charge in [0.1, 0.15) is 0 Å². The zero-order chi connectivity index (χ0) is 12.4. The van der Waals surface area contributed by atoms with E-state index in [9.17, 15) is 9.59 Å². The number of hydrogen-bond donors (Lipinski definition) is 2. The fourth-order valence-electron chi connectivity index (χ4n) is 0.707. The number of hydrazine groups is 1. The van der Waals surface area contributed by atoms with E-state index < -0.39 is 12.1 Å². The molecule has 0 aromatic carbocycles. The lowest BCUT2D eigenvalue weighted by Crippen LogP contribution is -2.46. The number of rotatable bonds is 3. The maximum absolute atomic E-state index is 11.4. The Hall–Kier alpha value is -1.17. The van der Waals surface area contributed by atoms with Gasteiger partial charge in [-0.15, -0.1) is 5.01 Å². The van der Waals surface area contributed by atoms with Crippen LogP contribution in [0.25, 0.3) is 0 Å². The predicted octanol–water partition coefficient (Wildman–Crippen LogP) is 1.20. The van der Waals surface area contributed by atoms with Gasteiger partial charge >= 0.3 is 12.1 Å². The number of carbonyl (C=O) groups excluding carboxylic acids is 2. The Bertz CT molecular complexity index is 298. The number of amides is 3. The molecule has 0 aliphatic rings. The number of unbranched alkanes of at least 4 members (excludes halogenated alkanes) is 1. The number of nitrogens with one attached hydrogen (secondary N) is 1. The third kappa shape index (κ3) is 7.17. The van der Waals surface area contributed by atoms with E-state index in [1.54, 1.807) is 0 Å². The highest BCUT2D eigenvalue weighted by Gasteiger charge is 2.13. The molecule has 3 N–H and O–H groups in total. The van der Waals surface area contributed by atoms with Crippen LogP contribution in [0.2, 0.25) is 0 Å². The van der Waals surface area contributed by atoms with E-state index in [1.807, 2.05) is 29.5 Å². The first kappa shape index (κ1) is 14.8. The molecule has 0 aliphatic carbocycles. The van der Waals surface area contributed by atoms with Crippen LogP contribution in [0.15, 0.2) is 0 Å². The molecule has 0 aromatic heterocycles. The van der Waals surface area contributed by atoms with Crippen molar-refractivity contribution in [3.8, 4) is 12.0 Å². The molecule has 0 aromatic rings. The van der Waals surface area contributed by atoms with Crippen molar-refractivity contribution in [3.63, 3.8) is 0 Å². The second kappa shape index (κ2) is 9.08. The number of nitrogens with zero attached hydrogens (tertiary/aromatic N) is 1. The van der Waals surface area contributed by atoms with Gasteiger partial charge in [0.05, 0.1) is 11.0 Å². The van der Waals surface area contributed by atoms with E-state index >= 15 is 0 Å². The van der Waals surface area contributed by atoms with E-state index in [0.29, 0.717) is 4.43 Å². The molecule has 0 fully saturated rings. The fourth-order valence-corrected chi connectivity index (χ4v) is 0.877. The molecule has 0 spiro atoms. The van der Waals surface area contributed by atoms with Crippen LogP contribution < -0.4 is 11.2 Å². The Labute approximate surface area is 108 Å². The summed E-state index contributed by atoms with van der Waals surface area (Å²) >= 11 is 2.02. The lowest BCUT2D eigenvalue weighted by molar-refractivity contribution is 0.108. The normalized spacial score (nSPS) is 8.62. The second-order valence-electron chi connectivity index (χ2n) is 2.70. The highest BCUT2D eigenvalue weighted by Crippen LogP contribution is 1.93. The summed E-state index contributed by atoms with van der Waals surface area (Å²) in [6.45, 7) is 2.27. The van der Waals surface area contributed by atoms with Gasteiger partial charge in [0.25, 0.3) is 0 Å². The van der Waals surface area contributed by atoms with Gasteiger partial charge in [0.15, 0.2) is 0 Å². The van der Waals surface area contributed by atoms with Crippen molar-refractivity contribution >= 4 is 34.7 Å². The number of alkyl halides is 1. The number of primary amides is 1. The number of halogens is 1. The topological polar surface area (TPSA) is 84.7 Å². The van der Waals surface area contributed by atoms with E-state index in [0.717, 1.165) is 17.9 Å². The van der Waals surface area contributed by atoms with Crippen LogP contribution in [0, 0.1) is 12.0 Å². The molecular weight excluding hydrogens is 325 g/mol. The molecule has 16 heavy (non-hydrogen) atoms. The number of urea groups is 1. The summed E-state index contributed by atoms with van der Waals surface area (Å²) in [5, 5.41) is 0.747. The van der Waals surface area contributed by atoms with Crippen LogP contribution in [0.4, 0.5) is 9.59 Å². The highest BCUT2D eigenvalue weighted by molar-refractivity contribution is 14.1. The Morgan fingerprint density at radius 3 is 2.75 bits per heavy atom. The average Bonchev–Trinajstić information content (AvgIpc) is 2.23. The Balaban J connectivity index is 4.26. The number of hydrogen-bond acceptors (Lipinski definition) is 3. The van der Waals surface area contributed by atoms with Crippen LogP contribution in [0.5, 0.6) is 0 Å². The number of nitrogens with two attached hydrogens (primary N) is 1. The van der Waals surface area contributed by atoms with Crippen LogP contribution in [-0.4, -0.2) is 28.2 Å². The standard InChI is InChI=1S/C9H14IN3O3/c1-2-3-7-16-9(15)13(6-4-5-10)12-8(11)14/h2-3,5,7H2,1H3,(H3,11,12,14). The zero-order valence-electron chi connectivity index (χ0n) is 8.96. The maximum Gasteiger partial charge on any atom is 0.441 e. The third-order valence-electron chi connectivity index (χ3n) is 1.39. The third-order valence-corrected chi connectivity index (χ3v) is 1.77. The molecule has 0 radical (unpaired) electrons. The maximum atomic E-state index is 11.4. The molecule has 0 bridgehead atoms. The van der Waals surface area contributed by atoms with Crippen molar-refractivity contribution in [2.24, 2.45) is 5.73 Å². The largest absolute Gasteiger partial charge is 0.447 e. The molecule has 0 saturated heterocycles.